The van der Waals surface area contributed by atoms with Crippen LogP contribution in [0.1, 0.15) is 46.0 Å². The number of carbonyl (C=O) groups is 1. The van der Waals surface area contributed by atoms with Gasteiger partial charge in [0.2, 0.25) is 5.91 Å². The van der Waals surface area contributed by atoms with Gasteiger partial charge in [-0.05, 0) is 31.1 Å². The number of carbonyl (C=O) groups excluding carboxylic acids is 1. The minimum absolute atomic E-state index is 0. The van der Waals surface area contributed by atoms with E-state index in [1.54, 1.807) is 0 Å². The third-order valence-corrected chi connectivity index (χ3v) is 4.25. The first-order valence-electron chi connectivity index (χ1n) is 7.18. The molecule has 18 heavy (non-hydrogen) atoms. The molecule has 0 aromatic heterocycles. The molecule has 2 fully saturated rings. The highest BCUT2D eigenvalue weighted by Gasteiger charge is 2.32. The van der Waals surface area contributed by atoms with Crippen molar-refractivity contribution in [3.05, 3.63) is 0 Å². The van der Waals surface area contributed by atoms with Crippen LogP contribution < -0.4 is 10.6 Å². The molecule has 4 heteroatoms. The molecule has 3 nitrogen and oxygen atoms in total. The van der Waals surface area contributed by atoms with E-state index in [4.69, 9.17) is 0 Å². The smallest absolute Gasteiger partial charge is 0.225 e. The molecule has 0 spiro atoms. The minimum atomic E-state index is 0. The Morgan fingerprint density at radius 2 is 2.06 bits per heavy atom. The summed E-state index contributed by atoms with van der Waals surface area (Å²) in [5.74, 6) is 2.03. The van der Waals surface area contributed by atoms with Gasteiger partial charge in [-0.3, -0.25) is 4.79 Å². The molecule has 0 radical (unpaired) electrons. The van der Waals surface area contributed by atoms with Crippen molar-refractivity contribution >= 4 is 18.3 Å². The highest BCUT2D eigenvalue weighted by Crippen LogP contribution is 2.30. The van der Waals surface area contributed by atoms with Crippen LogP contribution in [-0.4, -0.2) is 25.0 Å². The molecule has 0 bridgehead atoms. The summed E-state index contributed by atoms with van der Waals surface area (Å²) in [6.07, 6.45) is 6.36. The van der Waals surface area contributed by atoms with Crippen molar-refractivity contribution in [1.29, 1.82) is 0 Å². The van der Waals surface area contributed by atoms with E-state index in [1.165, 1.54) is 32.1 Å². The molecule has 1 amide bonds. The van der Waals surface area contributed by atoms with E-state index in [-0.39, 0.29) is 24.2 Å². The number of hydrogen-bond donors (Lipinski definition) is 2. The minimum Gasteiger partial charge on any atom is -0.353 e. The molecule has 2 unspecified atom stereocenters. The van der Waals surface area contributed by atoms with Gasteiger partial charge in [-0.2, -0.15) is 0 Å². The van der Waals surface area contributed by atoms with Crippen molar-refractivity contribution in [2.75, 3.05) is 13.1 Å². The molecule has 2 aliphatic rings. The number of rotatable bonds is 5. The van der Waals surface area contributed by atoms with Gasteiger partial charge < -0.3 is 10.6 Å². The summed E-state index contributed by atoms with van der Waals surface area (Å²) in [7, 11) is 0. The number of hydrogen-bond acceptors (Lipinski definition) is 2. The van der Waals surface area contributed by atoms with Gasteiger partial charge in [0, 0.05) is 19.1 Å². The van der Waals surface area contributed by atoms with E-state index in [0.29, 0.717) is 6.04 Å². The van der Waals surface area contributed by atoms with Crippen molar-refractivity contribution in [2.45, 2.75) is 52.0 Å². The van der Waals surface area contributed by atoms with E-state index in [0.717, 1.165) is 24.9 Å². The van der Waals surface area contributed by atoms with Crippen LogP contribution in [0.3, 0.4) is 0 Å². The first kappa shape index (κ1) is 15.8. The Morgan fingerprint density at radius 1 is 1.33 bits per heavy atom. The maximum atomic E-state index is 11.9. The van der Waals surface area contributed by atoms with Crippen molar-refractivity contribution in [1.82, 2.24) is 10.6 Å². The standard InChI is InChI=1S/C14H26N2O.ClH/c1-10(2)6-7-11-4-3-5-13(11)16-14(17)12-8-15-9-12;/h10-13,15H,3-9H2,1-2H3,(H,16,17);1H. The number of nitrogens with one attached hydrogen (secondary N) is 2. The van der Waals surface area contributed by atoms with Gasteiger partial charge in [0.25, 0.3) is 0 Å². The van der Waals surface area contributed by atoms with Crippen molar-refractivity contribution in [3.63, 3.8) is 0 Å². The zero-order valence-corrected chi connectivity index (χ0v) is 12.4. The third kappa shape index (κ3) is 4.13. The second kappa shape index (κ2) is 7.34. The van der Waals surface area contributed by atoms with Crippen LogP contribution in [0.25, 0.3) is 0 Å². The van der Waals surface area contributed by atoms with Gasteiger partial charge in [-0.1, -0.05) is 26.7 Å². The van der Waals surface area contributed by atoms with E-state index < -0.39 is 0 Å². The SMILES string of the molecule is CC(C)CCC1CCCC1NC(=O)C1CNC1.Cl. The molecular formula is C14H27ClN2O. The van der Waals surface area contributed by atoms with Crippen molar-refractivity contribution in [3.8, 4) is 0 Å². The van der Waals surface area contributed by atoms with Crippen molar-refractivity contribution in [2.24, 2.45) is 17.8 Å². The highest BCUT2D eigenvalue weighted by molar-refractivity contribution is 5.85. The summed E-state index contributed by atoms with van der Waals surface area (Å²) >= 11 is 0. The Bertz CT molecular complexity index is 267. The maximum Gasteiger partial charge on any atom is 0.225 e. The van der Waals surface area contributed by atoms with Crippen LogP contribution in [0.4, 0.5) is 0 Å². The van der Waals surface area contributed by atoms with Crippen LogP contribution in [0.15, 0.2) is 0 Å². The number of halogens is 1. The monoisotopic (exact) mass is 274 g/mol. The lowest BCUT2D eigenvalue weighted by Gasteiger charge is -2.29. The summed E-state index contributed by atoms with van der Waals surface area (Å²) < 4.78 is 0. The Morgan fingerprint density at radius 3 is 2.61 bits per heavy atom. The number of amides is 1. The Balaban J connectivity index is 0.00000162. The van der Waals surface area contributed by atoms with Gasteiger partial charge in [-0.25, -0.2) is 0 Å². The highest BCUT2D eigenvalue weighted by atomic mass is 35.5. The zero-order valence-electron chi connectivity index (χ0n) is 11.6. The van der Waals surface area contributed by atoms with E-state index in [1.807, 2.05) is 0 Å². The first-order chi connectivity index (χ1) is 8.16. The molecule has 1 aliphatic heterocycles. The summed E-state index contributed by atoms with van der Waals surface area (Å²) in [6, 6.07) is 0.460. The molecule has 0 aromatic carbocycles. The predicted octanol–water partition coefficient (Wildman–Crippen LogP) is 2.35. The molecule has 0 aromatic rings. The topological polar surface area (TPSA) is 41.1 Å². The lowest BCUT2D eigenvalue weighted by atomic mass is 9.93. The molecule has 2 atom stereocenters. The predicted molar refractivity (Wildman–Crippen MR) is 77.0 cm³/mol. The molecule has 1 saturated carbocycles. The third-order valence-electron chi connectivity index (χ3n) is 4.25. The van der Waals surface area contributed by atoms with Crippen molar-refractivity contribution < 1.29 is 4.79 Å². The molecule has 2 N–H and O–H groups in total. The largest absolute Gasteiger partial charge is 0.353 e. The summed E-state index contributed by atoms with van der Waals surface area (Å²) in [6.45, 7) is 6.30. The Hall–Kier alpha value is -0.280. The fourth-order valence-corrected chi connectivity index (χ4v) is 2.89. The second-order valence-electron chi connectivity index (χ2n) is 6.13. The summed E-state index contributed by atoms with van der Waals surface area (Å²) in [5.41, 5.74) is 0. The average molecular weight is 275 g/mol. The van der Waals surface area contributed by atoms with Gasteiger partial charge in [0.05, 0.1) is 5.92 Å². The normalized spacial score (nSPS) is 27.7. The molecule has 106 valence electrons. The molecule has 1 aliphatic carbocycles. The van der Waals surface area contributed by atoms with Gasteiger partial charge in [-0.15, -0.1) is 12.4 Å². The van der Waals surface area contributed by atoms with E-state index >= 15 is 0 Å². The lowest BCUT2D eigenvalue weighted by Crippen LogP contribution is -2.53. The fraction of sp³-hybridized carbons (Fsp3) is 0.929. The van der Waals surface area contributed by atoms with Crippen LogP contribution in [0, 0.1) is 17.8 Å². The average Bonchev–Trinajstić information content (AvgIpc) is 2.59. The van der Waals surface area contributed by atoms with Crippen LogP contribution in [0.5, 0.6) is 0 Å². The van der Waals surface area contributed by atoms with Crippen LogP contribution in [-0.2, 0) is 4.79 Å². The zero-order chi connectivity index (χ0) is 12.3. The fourth-order valence-electron chi connectivity index (χ4n) is 2.89. The maximum absolute atomic E-state index is 11.9. The summed E-state index contributed by atoms with van der Waals surface area (Å²) in [5, 5.41) is 6.43. The molecular weight excluding hydrogens is 248 g/mol. The first-order valence-corrected chi connectivity index (χ1v) is 7.18. The van der Waals surface area contributed by atoms with Gasteiger partial charge in [0.15, 0.2) is 0 Å². The lowest BCUT2D eigenvalue weighted by molar-refractivity contribution is -0.127. The molecule has 1 heterocycles. The van der Waals surface area contributed by atoms with E-state index in [2.05, 4.69) is 24.5 Å². The van der Waals surface area contributed by atoms with E-state index in [9.17, 15) is 4.79 Å². The molecule has 2 rings (SSSR count). The van der Waals surface area contributed by atoms with Crippen LogP contribution >= 0.6 is 12.4 Å². The second-order valence-corrected chi connectivity index (χ2v) is 6.13. The van der Waals surface area contributed by atoms with Gasteiger partial charge in [0.1, 0.15) is 0 Å². The van der Waals surface area contributed by atoms with Crippen LogP contribution in [0.2, 0.25) is 0 Å². The quantitative estimate of drug-likeness (QED) is 0.808. The Labute approximate surface area is 117 Å². The summed E-state index contributed by atoms with van der Waals surface area (Å²) in [4.78, 5) is 11.9. The van der Waals surface area contributed by atoms with Gasteiger partial charge >= 0.3 is 0 Å². The molecule has 1 saturated heterocycles. The Kier molecular flexibility index (Phi) is 6.44.